The quantitative estimate of drug-likeness (QED) is 0.668. The minimum Gasteiger partial charge on any atom is -0.394 e. The van der Waals surface area contributed by atoms with Crippen molar-refractivity contribution < 1.29 is 0 Å². The van der Waals surface area contributed by atoms with Gasteiger partial charge < -0.3 is 10.6 Å². The third-order valence-corrected chi connectivity index (χ3v) is 1.75. The van der Waals surface area contributed by atoms with Crippen molar-refractivity contribution >= 4 is 0 Å². The van der Waals surface area contributed by atoms with Crippen LogP contribution in [-0.2, 0) is 0 Å². The molecule has 0 heterocycles. The van der Waals surface area contributed by atoms with E-state index < -0.39 is 0 Å². The monoisotopic (exact) mass is 252 g/mol. The molecule has 0 amide bonds. The van der Waals surface area contributed by atoms with Crippen LogP contribution in [0.4, 0.5) is 0 Å². The summed E-state index contributed by atoms with van der Waals surface area (Å²) in [7, 11) is 3.84. The molecule has 0 bridgehead atoms. The molecule has 0 saturated carbocycles. The zero-order valence-electron chi connectivity index (χ0n) is 13.0. The molecule has 0 saturated heterocycles. The zero-order chi connectivity index (χ0) is 14.6. The molecule has 0 aliphatic carbocycles. The van der Waals surface area contributed by atoms with Crippen molar-refractivity contribution in [2.75, 3.05) is 14.1 Å². The highest BCUT2D eigenvalue weighted by molar-refractivity contribution is 5.07. The lowest BCUT2D eigenvalue weighted by atomic mass is 10.2. The number of allylic oxidation sites excluding steroid dienone is 4. The predicted octanol–water partition coefficient (Wildman–Crippen LogP) is 4.05. The van der Waals surface area contributed by atoms with Gasteiger partial charge in [-0.15, -0.1) is 0 Å². The van der Waals surface area contributed by atoms with E-state index in [9.17, 15) is 0 Å². The van der Waals surface area contributed by atoms with Crippen LogP contribution in [0.25, 0.3) is 0 Å². The SMILES string of the molecule is C=C/C=C\C(C/C=C\C=C/NC)NC.CC.CC. The van der Waals surface area contributed by atoms with E-state index in [1.165, 1.54) is 0 Å². The van der Waals surface area contributed by atoms with Crippen molar-refractivity contribution in [3.8, 4) is 0 Å². The highest BCUT2D eigenvalue weighted by Gasteiger charge is 1.95. The molecule has 0 aromatic carbocycles. The van der Waals surface area contributed by atoms with Gasteiger partial charge in [-0.2, -0.15) is 0 Å². The lowest BCUT2D eigenvalue weighted by Gasteiger charge is -2.07. The fourth-order valence-corrected chi connectivity index (χ4v) is 0.961. The first-order valence-electron chi connectivity index (χ1n) is 6.80. The van der Waals surface area contributed by atoms with Gasteiger partial charge in [0.15, 0.2) is 0 Å². The van der Waals surface area contributed by atoms with E-state index in [4.69, 9.17) is 0 Å². The lowest BCUT2D eigenvalue weighted by molar-refractivity contribution is 0.677. The second-order valence-electron chi connectivity index (χ2n) is 2.83. The molecule has 18 heavy (non-hydrogen) atoms. The van der Waals surface area contributed by atoms with Crippen LogP contribution in [0.3, 0.4) is 0 Å². The molecule has 0 fully saturated rings. The minimum atomic E-state index is 0.382. The molecular formula is C16H32N2. The molecule has 0 aliphatic heterocycles. The molecular weight excluding hydrogens is 220 g/mol. The van der Waals surface area contributed by atoms with Gasteiger partial charge in [0.2, 0.25) is 0 Å². The third-order valence-electron chi connectivity index (χ3n) is 1.75. The fourth-order valence-electron chi connectivity index (χ4n) is 0.961. The topological polar surface area (TPSA) is 24.1 Å². The molecule has 106 valence electrons. The van der Waals surface area contributed by atoms with Gasteiger partial charge in [-0.25, -0.2) is 0 Å². The molecule has 0 rings (SSSR count). The Labute approximate surface area is 115 Å². The van der Waals surface area contributed by atoms with Crippen LogP contribution in [0.15, 0.2) is 49.2 Å². The van der Waals surface area contributed by atoms with Crippen LogP contribution in [0.5, 0.6) is 0 Å². The maximum atomic E-state index is 3.64. The maximum Gasteiger partial charge on any atom is 0.0284 e. The highest BCUT2D eigenvalue weighted by atomic mass is 14.8. The third kappa shape index (κ3) is 20.2. The summed E-state index contributed by atoms with van der Waals surface area (Å²) in [6, 6.07) is 0.382. The van der Waals surface area contributed by atoms with Gasteiger partial charge in [0.1, 0.15) is 0 Å². The fraction of sp³-hybridized carbons (Fsp3) is 0.500. The summed E-state index contributed by atoms with van der Waals surface area (Å²) in [5, 5.41) is 6.13. The van der Waals surface area contributed by atoms with E-state index >= 15 is 0 Å². The Morgan fingerprint density at radius 3 is 2.06 bits per heavy atom. The Morgan fingerprint density at radius 2 is 1.61 bits per heavy atom. The molecule has 1 atom stereocenters. The van der Waals surface area contributed by atoms with Gasteiger partial charge >= 0.3 is 0 Å². The average molecular weight is 252 g/mol. The molecule has 0 spiro atoms. The highest BCUT2D eigenvalue weighted by Crippen LogP contribution is 1.95. The van der Waals surface area contributed by atoms with E-state index in [1.807, 2.05) is 66.2 Å². The van der Waals surface area contributed by atoms with E-state index in [2.05, 4.69) is 29.4 Å². The number of likely N-dealkylation sites (N-methyl/N-ethyl adjacent to an activating group) is 1. The van der Waals surface area contributed by atoms with E-state index in [1.54, 1.807) is 6.08 Å². The smallest absolute Gasteiger partial charge is 0.0284 e. The van der Waals surface area contributed by atoms with E-state index in [0.717, 1.165) is 6.42 Å². The molecule has 0 aliphatic rings. The summed E-state index contributed by atoms with van der Waals surface area (Å²) >= 11 is 0. The molecule has 0 aromatic rings. The summed E-state index contributed by atoms with van der Waals surface area (Å²) in [5.74, 6) is 0. The van der Waals surface area contributed by atoms with E-state index in [-0.39, 0.29) is 0 Å². The number of hydrogen-bond acceptors (Lipinski definition) is 2. The van der Waals surface area contributed by atoms with Crippen molar-refractivity contribution in [2.24, 2.45) is 0 Å². The van der Waals surface area contributed by atoms with Crippen LogP contribution < -0.4 is 10.6 Å². The first kappa shape index (κ1) is 21.9. The Balaban J connectivity index is -0.000000506. The van der Waals surface area contributed by atoms with Gasteiger partial charge in [0, 0.05) is 13.1 Å². The lowest BCUT2D eigenvalue weighted by Crippen LogP contribution is -2.21. The van der Waals surface area contributed by atoms with Gasteiger partial charge in [0.05, 0.1) is 0 Å². The van der Waals surface area contributed by atoms with Crippen molar-refractivity contribution in [3.63, 3.8) is 0 Å². The zero-order valence-corrected chi connectivity index (χ0v) is 13.0. The largest absolute Gasteiger partial charge is 0.394 e. The maximum absolute atomic E-state index is 3.64. The van der Waals surface area contributed by atoms with Crippen molar-refractivity contribution in [1.29, 1.82) is 0 Å². The second-order valence-corrected chi connectivity index (χ2v) is 2.83. The molecule has 2 N–H and O–H groups in total. The Kier molecular flexibility index (Phi) is 30.2. The van der Waals surface area contributed by atoms with Crippen LogP contribution in [-0.4, -0.2) is 20.1 Å². The first-order valence-corrected chi connectivity index (χ1v) is 6.80. The average Bonchev–Trinajstić information content (AvgIpc) is 2.46. The first-order chi connectivity index (χ1) is 8.85. The van der Waals surface area contributed by atoms with Crippen LogP contribution >= 0.6 is 0 Å². The van der Waals surface area contributed by atoms with Gasteiger partial charge in [-0.3, -0.25) is 0 Å². The van der Waals surface area contributed by atoms with Crippen molar-refractivity contribution in [1.82, 2.24) is 10.6 Å². The van der Waals surface area contributed by atoms with Crippen molar-refractivity contribution in [2.45, 2.75) is 40.2 Å². The Hall–Kier alpha value is -1.28. The molecule has 2 nitrogen and oxygen atoms in total. The minimum absolute atomic E-state index is 0.382. The van der Waals surface area contributed by atoms with Gasteiger partial charge in [0.25, 0.3) is 0 Å². The summed E-state index contributed by atoms with van der Waals surface area (Å²) in [5.41, 5.74) is 0. The van der Waals surface area contributed by atoms with E-state index in [0.29, 0.717) is 6.04 Å². The number of hydrogen-bond donors (Lipinski definition) is 2. The number of nitrogens with one attached hydrogen (secondary N) is 2. The second kappa shape index (κ2) is 24.8. The standard InChI is InChI=1S/C12H20N2.2C2H6/c1-4-5-9-12(14-3)10-7-6-8-11-13-2;2*1-2/h4-9,11-14H,1,10H2,2-3H3;2*1-2H3/b7-6-,9-5-,11-8-;;. The molecule has 0 radical (unpaired) electrons. The Bertz CT molecular complexity index is 215. The summed E-state index contributed by atoms with van der Waals surface area (Å²) < 4.78 is 0. The molecule has 0 aromatic heterocycles. The van der Waals surface area contributed by atoms with Gasteiger partial charge in [-0.1, -0.05) is 64.7 Å². The Morgan fingerprint density at radius 1 is 1.00 bits per heavy atom. The normalized spacial score (nSPS) is 11.7. The van der Waals surface area contributed by atoms with Crippen LogP contribution in [0.1, 0.15) is 34.1 Å². The summed E-state index contributed by atoms with van der Waals surface area (Å²) in [6.07, 6.45) is 14.8. The summed E-state index contributed by atoms with van der Waals surface area (Å²) in [6.45, 7) is 11.6. The van der Waals surface area contributed by atoms with Crippen LogP contribution in [0.2, 0.25) is 0 Å². The van der Waals surface area contributed by atoms with Crippen molar-refractivity contribution in [3.05, 3.63) is 49.2 Å². The van der Waals surface area contributed by atoms with Crippen LogP contribution in [0, 0.1) is 0 Å². The summed E-state index contributed by atoms with van der Waals surface area (Å²) in [4.78, 5) is 0. The predicted molar refractivity (Wildman–Crippen MR) is 86.8 cm³/mol. The molecule has 2 heteroatoms. The van der Waals surface area contributed by atoms with Gasteiger partial charge in [-0.05, 0) is 25.7 Å². The molecule has 1 unspecified atom stereocenters. The number of rotatable bonds is 7.